The van der Waals surface area contributed by atoms with E-state index in [4.69, 9.17) is 23.2 Å². The van der Waals surface area contributed by atoms with Gasteiger partial charge in [-0.2, -0.15) is 5.26 Å². The first-order chi connectivity index (χ1) is 12.4. The quantitative estimate of drug-likeness (QED) is 0.508. The number of nitrogens with zero attached hydrogens (tertiary/aromatic N) is 4. The highest BCUT2D eigenvalue weighted by Crippen LogP contribution is 2.31. The molecule has 26 heavy (non-hydrogen) atoms. The van der Waals surface area contributed by atoms with E-state index in [9.17, 15) is 15.2 Å². The Morgan fingerprint density at radius 2 is 2.00 bits per heavy atom. The zero-order chi connectivity index (χ0) is 19.3. The summed E-state index contributed by atoms with van der Waals surface area (Å²) < 4.78 is 1.16. The molecule has 0 aliphatic heterocycles. The Labute approximate surface area is 161 Å². The van der Waals surface area contributed by atoms with Gasteiger partial charge in [0.25, 0.3) is 5.56 Å². The standard InChI is InChI=1S/C18H18Cl2N4O2/c1-3-4-5-8-24-17(25)13(10-21)11(2)16(18(24)26)23-22-15-9-12(19)6-7-14(15)20/h6-7,9,25H,3-5,8H2,1-2H3. The number of rotatable bonds is 6. The minimum Gasteiger partial charge on any atom is -0.493 e. The van der Waals surface area contributed by atoms with Gasteiger partial charge in [0.2, 0.25) is 5.88 Å². The van der Waals surface area contributed by atoms with Crippen LogP contribution in [0.2, 0.25) is 10.0 Å². The third-order valence-electron chi connectivity index (χ3n) is 3.92. The molecular weight excluding hydrogens is 375 g/mol. The number of aromatic hydroxyl groups is 1. The molecule has 6 nitrogen and oxygen atoms in total. The summed E-state index contributed by atoms with van der Waals surface area (Å²) in [5.74, 6) is -0.342. The summed E-state index contributed by atoms with van der Waals surface area (Å²) in [6.45, 7) is 3.88. The molecule has 0 radical (unpaired) electrons. The molecule has 1 aromatic carbocycles. The van der Waals surface area contributed by atoms with Gasteiger partial charge in [0.05, 0.1) is 5.02 Å². The number of hydrogen-bond donors (Lipinski definition) is 1. The average molecular weight is 393 g/mol. The number of aromatic nitrogens is 1. The van der Waals surface area contributed by atoms with Crippen LogP contribution in [0, 0.1) is 18.3 Å². The summed E-state index contributed by atoms with van der Waals surface area (Å²) in [5, 5.41) is 28.4. The molecule has 0 saturated carbocycles. The van der Waals surface area contributed by atoms with Gasteiger partial charge in [0.1, 0.15) is 17.3 Å². The molecule has 2 aromatic rings. The van der Waals surface area contributed by atoms with E-state index in [-0.39, 0.29) is 22.7 Å². The summed E-state index contributed by atoms with van der Waals surface area (Å²) >= 11 is 12.0. The van der Waals surface area contributed by atoms with Crippen molar-refractivity contribution in [3.05, 3.63) is 49.7 Å². The van der Waals surface area contributed by atoms with E-state index >= 15 is 0 Å². The van der Waals surface area contributed by atoms with Crippen LogP contribution >= 0.6 is 23.2 Å². The molecule has 0 spiro atoms. The lowest BCUT2D eigenvalue weighted by molar-refractivity contribution is 0.398. The highest BCUT2D eigenvalue weighted by molar-refractivity contribution is 6.35. The molecule has 0 atom stereocenters. The largest absolute Gasteiger partial charge is 0.493 e. The fraction of sp³-hybridized carbons (Fsp3) is 0.333. The zero-order valence-corrected chi connectivity index (χ0v) is 16.0. The van der Waals surface area contributed by atoms with Gasteiger partial charge in [0.15, 0.2) is 5.69 Å². The van der Waals surface area contributed by atoms with E-state index in [1.807, 2.05) is 13.0 Å². The Morgan fingerprint density at radius 3 is 2.65 bits per heavy atom. The third-order valence-corrected chi connectivity index (χ3v) is 4.47. The van der Waals surface area contributed by atoms with Crippen molar-refractivity contribution in [2.45, 2.75) is 39.7 Å². The minimum absolute atomic E-state index is 0.00670. The predicted octanol–water partition coefficient (Wildman–Crippen LogP) is 5.65. The molecule has 0 bridgehead atoms. The second-order valence-corrected chi connectivity index (χ2v) is 6.59. The number of hydrogen-bond acceptors (Lipinski definition) is 5. The first-order valence-corrected chi connectivity index (χ1v) is 8.89. The van der Waals surface area contributed by atoms with E-state index in [0.29, 0.717) is 28.7 Å². The van der Waals surface area contributed by atoms with Crippen LogP contribution in [0.3, 0.4) is 0 Å². The van der Waals surface area contributed by atoms with Gasteiger partial charge in [-0.15, -0.1) is 10.2 Å². The number of unbranched alkanes of at least 4 members (excludes halogenated alkanes) is 2. The average Bonchev–Trinajstić information content (AvgIpc) is 2.61. The van der Waals surface area contributed by atoms with Gasteiger partial charge in [-0.05, 0) is 31.5 Å². The summed E-state index contributed by atoms with van der Waals surface area (Å²) in [4.78, 5) is 12.7. The zero-order valence-electron chi connectivity index (χ0n) is 14.5. The van der Waals surface area contributed by atoms with E-state index < -0.39 is 5.56 Å². The van der Waals surface area contributed by atoms with Crippen LogP contribution in [0.1, 0.15) is 37.3 Å². The SMILES string of the molecule is CCCCCn1c(O)c(C#N)c(C)c(N=Nc2cc(Cl)ccc2Cl)c1=O. The molecule has 1 N–H and O–H groups in total. The predicted molar refractivity (Wildman–Crippen MR) is 102 cm³/mol. The van der Waals surface area contributed by atoms with Crippen LogP contribution in [0.5, 0.6) is 5.88 Å². The van der Waals surface area contributed by atoms with Crippen molar-refractivity contribution in [3.63, 3.8) is 0 Å². The Kier molecular flexibility index (Phi) is 6.78. The molecule has 0 aliphatic rings. The van der Waals surface area contributed by atoms with Gasteiger partial charge < -0.3 is 5.11 Å². The Morgan fingerprint density at radius 1 is 1.27 bits per heavy atom. The maximum atomic E-state index is 12.7. The molecule has 0 amide bonds. The molecule has 0 fully saturated rings. The fourth-order valence-corrected chi connectivity index (χ4v) is 2.77. The molecule has 0 saturated heterocycles. The van der Waals surface area contributed by atoms with Crippen molar-refractivity contribution >= 4 is 34.6 Å². The molecule has 0 unspecified atom stereocenters. The van der Waals surface area contributed by atoms with Crippen LogP contribution in [0.4, 0.5) is 11.4 Å². The van der Waals surface area contributed by atoms with Gasteiger partial charge >= 0.3 is 0 Å². The van der Waals surface area contributed by atoms with Crippen LogP contribution in [-0.4, -0.2) is 9.67 Å². The van der Waals surface area contributed by atoms with Crippen molar-refractivity contribution in [3.8, 4) is 11.9 Å². The lowest BCUT2D eigenvalue weighted by atomic mass is 10.1. The van der Waals surface area contributed by atoms with E-state index in [1.54, 1.807) is 19.1 Å². The topological polar surface area (TPSA) is 90.7 Å². The van der Waals surface area contributed by atoms with Crippen molar-refractivity contribution < 1.29 is 5.11 Å². The smallest absolute Gasteiger partial charge is 0.281 e. The maximum Gasteiger partial charge on any atom is 0.281 e. The monoisotopic (exact) mass is 392 g/mol. The molecular formula is C18H18Cl2N4O2. The highest BCUT2D eigenvalue weighted by Gasteiger charge is 2.19. The van der Waals surface area contributed by atoms with E-state index in [1.165, 1.54) is 6.07 Å². The molecule has 0 aliphatic carbocycles. The first-order valence-electron chi connectivity index (χ1n) is 8.14. The summed E-state index contributed by atoms with van der Waals surface area (Å²) in [6.07, 6.45) is 2.57. The minimum atomic E-state index is -0.503. The van der Waals surface area contributed by atoms with Crippen LogP contribution in [0.15, 0.2) is 33.2 Å². The molecule has 1 heterocycles. The van der Waals surface area contributed by atoms with Crippen LogP contribution in [0.25, 0.3) is 0 Å². The fourth-order valence-electron chi connectivity index (χ4n) is 2.45. The molecule has 8 heteroatoms. The summed E-state index contributed by atoms with van der Waals surface area (Å²) in [7, 11) is 0. The number of azo groups is 1. The van der Waals surface area contributed by atoms with Crippen molar-refractivity contribution in [1.29, 1.82) is 5.26 Å². The van der Waals surface area contributed by atoms with Crippen molar-refractivity contribution in [2.24, 2.45) is 10.2 Å². The summed E-state index contributed by atoms with van der Waals surface area (Å²) in [6, 6.07) is 6.63. The lowest BCUT2D eigenvalue weighted by Crippen LogP contribution is -2.22. The Bertz CT molecular complexity index is 946. The van der Waals surface area contributed by atoms with E-state index in [2.05, 4.69) is 10.2 Å². The molecule has 2 rings (SSSR count). The van der Waals surface area contributed by atoms with Crippen molar-refractivity contribution in [1.82, 2.24) is 4.57 Å². The summed E-state index contributed by atoms with van der Waals surface area (Å²) in [5.41, 5.74) is 0.0712. The van der Waals surface area contributed by atoms with Crippen LogP contribution in [-0.2, 0) is 6.54 Å². The number of halogens is 2. The highest BCUT2D eigenvalue weighted by atomic mass is 35.5. The maximum absolute atomic E-state index is 12.7. The van der Waals surface area contributed by atoms with Gasteiger partial charge in [-0.3, -0.25) is 9.36 Å². The Hall–Kier alpha value is -2.36. The first kappa shape index (κ1) is 20.0. The molecule has 136 valence electrons. The number of nitriles is 1. The second kappa shape index (κ2) is 8.84. The third kappa shape index (κ3) is 4.24. The van der Waals surface area contributed by atoms with Gasteiger partial charge in [0, 0.05) is 17.1 Å². The van der Waals surface area contributed by atoms with E-state index in [0.717, 1.165) is 17.4 Å². The molecule has 1 aromatic heterocycles. The van der Waals surface area contributed by atoms with Crippen molar-refractivity contribution in [2.75, 3.05) is 0 Å². The lowest BCUT2D eigenvalue weighted by Gasteiger charge is -2.12. The van der Waals surface area contributed by atoms with Crippen LogP contribution < -0.4 is 5.56 Å². The number of benzene rings is 1. The second-order valence-electron chi connectivity index (χ2n) is 5.74. The van der Waals surface area contributed by atoms with Gasteiger partial charge in [-0.1, -0.05) is 43.0 Å². The van der Waals surface area contributed by atoms with Gasteiger partial charge in [-0.25, -0.2) is 0 Å². The normalized spacial score (nSPS) is 11.0. The number of pyridine rings is 1. The Balaban J connectivity index is 2.55.